The van der Waals surface area contributed by atoms with E-state index >= 15 is 0 Å². The van der Waals surface area contributed by atoms with Crippen LogP contribution in [0.15, 0.2) is 24.3 Å². The average molecular weight is 297 g/mol. The normalized spacial score (nSPS) is 15.9. The number of para-hydroxylation sites is 1. The Kier molecular flexibility index (Phi) is 7.24. The lowest BCUT2D eigenvalue weighted by Gasteiger charge is -2.23. The van der Waals surface area contributed by atoms with Crippen LogP contribution in [0.1, 0.15) is 39.3 Å². The molecule has 1 rings (SSSR count). The van der Waals surface area contributed by atoms with Gasteiger partial charge in [0.05, 0.1) is 7.11 Å². The van der Waals surface area contributed by atoms with Crippen molar-refractivity contribution in [1.82, 2.24) is 5.32 Å². The lowest BCUT2D eigenvalue weighted by atomic mass is 10.1. The molecule has 0 saturated carbocycles. The molecule has 0 fully saturated rings. The van der Waals surface area contributed by atoms with E-state index in [1.165, 1.54) is 0 Å². The highest BCUT2D eigenvalue weighted by atomic mass is 32.2. The first-order valence-corrected chi connectivity index (χ1v) is 8.62. The minimum absolute atomic E-state index is 0.0678. The first-order valence-electron chi connectivity index (χ1n) is 7.24. The van der Waals surface area contributed by atoms with Gasteiger partial charge in [-0.1, -0.05) is 45.9 Å². The van der Waals surface area contributed by atoms with Crippen molar-refractivity contribution in [2.75, 3.05) is 19.4 Å². The fraction of sp³-hybridized carbons (Fsp3) is 0.625. The Bertz CT molecular complexity index is 434. The molecule has 0 amide bonds. The first kappa shape index (κ1) is 17.2. The zero-order chi connectivity index (χ0) is 15.1. The topological polar surface area (TPSA) is 38.3 Å². The van der Waals surface area contributed by atoms with Crippen molar-refractivity contribution in [1.29, 1.82) is 0 Å². The molecule has 1 N–H and O–H groups in total. The predicted molar refractivity (Wildman–Crippen MR) is 86.7 cm³/mol. The van der Waals surface area contributed by atoms with Crippen LogP contribution in [0.4, 0.5) is 0 Å². The molecule has 0 aliphatic carbocycles. The maximum Gasteiger partial charge on any atom is 0.123 e. The second kappa shape index (κ2) is 8.42. The maximum absolute atomic E-state index is 12.5. The molecule has 3 unspecified atom stereocenters. The van der Waals surface area contributed by atoms with Crippen molar-refractivity contribution in [3.8, 4) is 5.75 Å². The van der Waals surface area contributed by atoms with Crippen molar-refractivity contribution in [2.45, 2.75) is 39.0 Å². The van der Waals surface area contributed by atoms with E-state index in [1.807, 2.05) is 24.3 Å². The van der Waals surface area contributed by atoms with Crippen LogP contribution in [-0.4, -0.2) is 28.9 Å². The average Bonchev–Trinajstić information content (AvgIpc) is 2.45. The summed E-state index contributed by atoms with van der Waals surface area (Å²) in [6, 6.07) is 8.02. The monoisotopic (exact) mass is 297 g/mol. The Labute approximate surface area is 125 Å². The number of benzene rings is 1. The molecule has 3 atom stereocenters. The van der Waals surface area contributed by atoms with Crippen molar-refractivity contribution < 1.29 is 8.95 Å². The summed E-state index contributed by atoms with van der Waals surface area (Å²) in [5.41, 5.74) is 1.08. The Morgan fingerprint density at radius 3 is 2.45 bits per heavy atom. The van der Waals surface area contributed by atoms with Crippen molar-refractivity contribution in [2.24, 2.45) is 5.92 Å². The molecule has 0 aliphatic rings. The van der Waals surface area contributed by atoms with Gasteiger partial charge in [0.25, 0.3) is 0 Å². The summed E-state index contributed by atoms with van der Waals surface area (Å²) in [4.78, 5) is 0. The van der Waals surface area contributed by atoms with Gasteiger partial charge in [0.2, 0.25) is 0 Å². The van der Waals surface area contributed by atoms with Crippen LogP contribution in [0.5, 0.6) is 5.75 Å². The molecule has 0 aliphatic heterocycles. The number of ether oxygens (including phenoxy) is 1. The number of nitrogens with one attached hydrogen (secondary N) is 1. The van der Waals surface area contributed by atoms with E-state index in [1.54, 1.807) is 7.11 Å². The zero-order valence-corrected chi connectivity index (χ0v) is 14.0. The molecule has 1 aromatic rings. The van der Waals surface area contributed by atoms with Crippen molar-refractivity contribution in [3.05, 3.63) is 29.8 Å². The summed E-state index contributed by atoms with van der Waals surface area (Å²) in [6.07, 6.45) is 0. The molecule has 0 aromatic heterocycles. The molecule has 0 saturated heterocycles. The van der Waals surface area contributed by atoms with E-state index in [2.05, 4.69) is 33.0 Å². The van der Waals surface area contributed by atoms with Gasteiger partial charge in [0, 0.05) is 33.4 Å². The van der Waals surface area contributed by atoms with Gasteiger partial charge in [-0.25, -0.2) is 0 Å². The van der Waals surface area contributed by atoms with Gasteiger partial charge in [0.15, 0.2) is 0 Å². The lowest BCUT2D eigenvalue weighted by molar-refractivity contribution is 0.402. The Morgan fingerprint density at radius 2 is 1.90 bits per heavy atom. The summed E-state index contributed by atoms with van der Waals surface area (Å²) in [6.45, 7) is 9.21. The summed E-state index contributed by atoms with van der Waals surface area (Å²) in [7, 11) is 0.821. The van der Waals surface area contributed by atoms with E-state index in [0.717, 1.165) is 17.9 Å². The highest BCUT2D eigenvalue weighted by Gasteiger charge is 2.22. The van der Waals surface area contributed by atoms with Crippen LogP contribution >= 0.6 is 0 Å². The Hall–Kier alpha value is -0.870. The second-order valence-electron chi connectivity index (χ2n) is 5.35. The third-order valence-electron chi connectivity index (χ3n) is 3.65. The third-order valence-corrected chi connectivity index (χ3v) is 5.68. The molecule has 1 aromatic carbocycles. The lowest BCUT2D eigenvalue weighted by Crippen LogP contribution is -2.30. The predicted octanol–water partition coefficient (Wildman–Crippen LogP) is 3.14. The molecule has 3 nitrogen and oxygen atoms in total. The van der Waals surface area contributed by atoms with Gasteiger partial charge in [-0.2, -0.15) is 0 Å². The van der Waals surface area contributed by atoms with Crippen molar-refractivity contribution >= 4 is 10.8 Å². The largest absolute Gasteiger partial charge is 0.496 e. The van der Waals surface area contributed by atoms with E-state index in [9.17, 15) is 4.21 Å². The Balaban J connectivity index is 2.91. The van der Waals surface area contributed by atoms with E-state index in [0.29, 0.717) is 11.7 Å². The SMILES string of the molecule is CCNC(CS(=O)C(C)C(C)C)c1ccccc1OC. The van der Waals surface area contributed by atoms with E-state index in [-0.39, 0.29) is 11.3 Å². The zero-order valence-electron chi connectivity index (χ0n) is 13.2. The molecule has 0 heterocycles. The van der Waals surface area contributed by atoms with Crippen LogP contribution in [0.3, 0.4) is 0 Å². The van der Waals surface area contributed by atoms with E-state index in [4.69, 9.17) is 4.74 Å². The Morgan fingerprint density at radius 1 is 1.25 bits per heavy atom. The highest BCUT2D eigenvalue weighted by molar-refractivity contribution is 7.85. The minimum atomic E-state index is -0.855. The quantitative estimate of drug-likeness (QED) is 0.801. The van der Waals surface area contributed by atoms with Gasteiger partial charge >= 0.3 is 0 Å². The highest BCUT2D eigenvalue weighted by Crippen LogP contribution is 2.26. The van der Waals surface area contributed by atoms with Crippen LogP contribution < -0.4 is 10.1 Å². The smallest absolute Gasteiger partial charge is 0.123 e. The summed E-state index contributed by atoms with van der Waals surface area (Å²) < 4.78 is 17.9. The fourth-order valence-electron chi connectivity index (χ4n) is 2.08. The van der Waals surface area contributed by atoms with Crippen LogP contribution in [-0.2, 0) is 10.8 Å². The van der Waals surface area contributed by atoms with Gasteiger partial charge < -0.3 is 10.1 Å². The summed E-state index contributed by atoms with van der Waals surface area (Å²) >= 11 is 0. The number of hydrogen-bond acceptors (Lipinski definition) is 3. The van der Waals surface area contributed by atoms with Gasteiger partial charge in [-0.05, 0) is 18.5 Å². The molecule has 0 radical (unpaired) electrons. The standard InChI is InChI=1S/C16H27NO2S/c1-6-17-15(11-20(18)13(4)12(2)3)14-9-7-8-10-16(14)19-5/h7-10,12-13,15,17H,6,11H2,1-5H3. The molecule has 114 valence electrons. The van der Waals surface area contributed by atoms with Crippen LogP contribution in [0, 0.1) is 5.92 Å². The molecule has 20 heavy (non-hydrogen) atoms. The van der Waals surface area contributed by atoms with Gasteiger partial charge in [0.1, 0.15) is 5.75 Å². The maximum atomic E-state index is 12.5. The minimum Gasteiger partial charge on any atom is -0.496 e. The molecular formula is C16H27NO2S. The van der Waals surface area contributed by atoms with Crippen LogP contribution in [0.2, 0.25) is 0 Å². The number of rotatable bonds is 8. The molecule has 0 spiro atoms. The molecule has 4 heteroatoms. The number of hydrogen-bond donors (Lipinski definition) is 1. The second-order valence-corrected chi connectivity index (χ2v) is 7.19. The fourth-order valence-corrected chi connectivity index (χ4v) is 3.62. The van der Waals surface area contributed by atoms with Crippen LogP contribution in [0.25, 0.3) is 0 Å². The van der Waals surface area contributed by atoms with E-state index < -0.39 is 10.8 Å². The van der Waals surface area contributed by atoms with Gasteiger partial charge in [-0.15, -0.1) is 0 Å². The number of methoxy groups -OCH3 is 1. The summed E-state index contributed by atoms with van der Waals surface area (Å²) in [5, 5.41) is 3.63. The molecular weight excluding hydrogens is 270 g/mol. The molecule has 0 bridgehead atoms. The van der Waals surface area contributed by atoms with Crippen molar-refractivity contribution in [3.63, 3.8) is 0 Å². The third kappa shape index (κ3) is 4.60. The summed E-state index contributed by atoms with van der Waals surface area (Å²) in [5.74, 6) is 1.90. The van der Waals surface area contributed by atoms with Gasteiger partial charge in [-0.3, -0.25) is 4.21 Å². The first-order chi connectivity index (χ1) is 9.51.